The molecule has 1 N–H and O–H groups in total. The molecule has 5 heteroatoms. The van der Waals surface area contributed by atoms with Crippen LogP contribution < -0.4 is 0 Å². The number of aliphatic hydroxyl groups excluding tert-OH is 1. The quantitative estimate of drug-likeness (QED) is 0.564. The van der Waals surface area contributed by atoms with Crippen LogP contribution in [0.4, 0.5) is 0 Å². The maximum atomic E-state index is 11.5. The fourth-order valence-corrected chi connectivity index (χ4v) is 2.17. The summed E-state index contributed by atoms with van der Waals surface area (Å²) >= 11 is 0. The van der Waals surface area contributed by atoms with Gasteiger partial charge in [0.15, 0.2) is 5.92 Å². The molecular weight excluding hydrogens is 212 g/mol. The van der Waals surface area contributed by atoms with Crippen molar-refractivity contribution in [1.29, 1.82) is 0 Å². The summed E-state index contributed by atoms with van der Waals surface area (Å²) in [6.07, 6.45) is 2.23. The molecule has 0 aromatic carbocycles. The van der Waals surface area contributed by atoms with Crippen LogP contribution in [0.5, 0.6) is 0 Å². The van der Waals surface area contributed by atoms with E-state index in [1.165, 1.54) is 14.2 Å². The van der Waals surface area contributed by atoms with Gasteiger partial charge in [-0.05, 0) is 31.6 Å². The van der Waals surface area contributed by atoms with Gasteiger partial charge < -0.3 is 14.6 Å². The topological polar surface area (TPSA) is 72.8 Å². The lowest BCUT2D eigenvalue weighted by molar-refractivity contribution is -0.162. The van der Waals surface area contributed by atoms with Crippen LogP contribution in [0, 0.1) is 11.8 Å². The van der Waals surface area contributed by atoms with Gasteiger partial charge in [0.05, 0.1) is 20.3 Å². The minimum absolute atomic E-state index is 0.0803. The normalized spacial score (nSPS) is 25.2. The summed E-state index contributed by atoms with van der Waals surface area (Å²) in [5, 5.41) is 9.37. The van der Waals surface area contributed by atoms with E-state index in [1.807, 2.05) is 0 Å². The number of ether oxygens (including phenoxy) is 2. The van der Waals surface area contributed by atoms with Gasteiger partial charge in [0, 0.05) is 0 Å². The van der Waals surface area contributed by atoms with E-state index in [9.17, 15) is 14.7 Å². The Morgan fingerprint density at radius 3 is 1.88 bits per heavy atom. The molecule has 1 rings (SSSR count). The van der Waals surface area contributed by atoms with Crippen LogP contribution in [0.3, 0.4) is 0 Å². The fraction of sp³-hybridized carbons (Fsp3) is 0.818. The van der Waals surface area contributed by atoms with E-state index in [0.29, 0.717) is 25.7 Å². The zero-order valence-corrected chi connectivity index (χ0v) is 9.64. The Morgan fingerprint density at radius 1 is 1.06 bits per heavy atom. The summed E-state index contributed by atoms with van der Waals surface area (Å²) in [5.41, 5.74) is 0. The highest BCUT2D eigenvalue weighted by molar-refractivity contribution is 5.95. The first-order valence-corrected chi connectivity index (χ1v) is 5.43. The second-order valence-corrected chi connectivity index (χ2v) is 4.09. The Balaban J connectivity index is 2.69. The molecule has 0 radical (unpaired) electrons. The van der Waals surface area contributed by atoms with Crippen LogP contribution in [0.2, 0.25) is 0 Å². The van der Waals surface area contributed by atoms with Gasteiger partial charge in [-0.1, -0.05) is 0 Å². The van der Waals surface area contributed by atoms with Crippen molar-refractivity contribution >= 4 is 11.9 Å². The third kappa shape index (κ3) is 2.95. The van der Waals surface area contributed by atoms with Crippen molar-refractivity contribution in [2.45, 2.75) is 31.8 Å². The summed E-state index contributed by atoms with van der Waals surface area (Å²) in [5.74, 6) is -2.02. The molecule has 0 aromatic rings. The predicted molar refractivity (Wildman–Crippen MR) is 55.5 cm³/mol. The van der Waals surface area contributed by atoms with E-state index in [-0.39, 0.29) is 12.0 Å². The Hall–Kier alpha value is -1.10. The summed E-state index contributed by atoms with van der Waals surface area (Å²) in [6.45, 7) is 0. The lowest BCUT2D eigenvalue weighted by Crippen LogP contribution is -2.36. The summed E-state index contributed by atoms with van der Waals surface area (Å²) in [7, 11) is 2.52. The van der Waals surface area contributed by atoms with Crippen LogP contribution in [0.25, 0.3) is 0 Å². The molecule has 1 aliphatic carbocycles. The fourth-order valence-electron chi connectivity index (χ4n) is 2.17. The number of carbonyl (C=O) groups excluding carboxylic acids is 2. The van der Waals surface area contributed by atoms with E-state index in [0.717, 1.165) is 0 Å². The van der Waals surface area contributed by atoms with Crippen molar-refractivity contribution in [2.75, 3.05) is 14.2 Å². The molecule has 16 heavy (non-hydrogen) atoms. The third-order valence-corrected chi connectivity index (χ3v) is 3.12. The molecule has 5 nitrogen and oxygen atoms in total. The maximum Gasteiger partial charge on any atom is 0.320 e. The Labute approximate surface area is 94.7 Å². The molecular formula is C11H18O5. The van der Waals surface area contributed by atoms with Gasteiger partial charge in [0.2, 0.25) is 0 Å². The maximum absolute atomic E-state index is 11.5. The molecule has 0 spiro atoms. The second kappa shape index (κ2) is 5.84. The molecule has 0 aromatic heterocycles. The molecule has 0 saturated heterocycles. The Kier molecular flexibility index (Phi) is 4.73. The Bertz CT molecular complexity index is 239. The minimum atomic E-state index is -0.845. The highest BCUT2D eigenvalue weighted by Crippen LogP contribution is 2.31. The first kappa shape index (κ1) is 13.0. The third-order valence-electron chi connectivity index (χ3n) is 3.12. The van der Waals surface area contributed by atoms with E-state index in [2.05, 4.69) is 9.47 Å². The second-order valence-electron chi connectivity index (χ2n) is 4.09. The van der Waals surface area contributed by atoms with Crippen molar-refractivity contribution in [3.05, 3.63) is 0 Å². The number of hydrogen-bond donors (Lipinski definition) is 1. The van der Waals surface area contributed by atoms with Gasteiger partial charge in [-0.3, -0.25) is 9.59 Å². The van der Waals surface area contributed by atoms with Crippen molar-refractivity contribution in [2.24, 2.45) is 11.8 Å². The van der Waals surface area contributed by atoms with Gasteiger partial charge >= 0.3 is 11.9 Å². The van der Waals surface area contributed by atoms with Crippen LogP contribution in [0.15, 0.2) is 0 Å². The lowest BCUT2D eigenvalue weighted by atomic mass is 9.79. The summed E-state index contributed by atoms with van der Waals surface area (Å²) < 4.78 is 9.23. The zero-order chi connectivity index (χ0) is 12.1. The van der Waals surface area contributed by atoms with E-state index in [1.54, 1.807) is 0 Å². The van der Waals surface area contributed by atoms with E-state index in [4.69, 9.17) is 0 Å². The molecule has 1 saturated carbocycles. The van der Waals surface area contributed by atoms with Crippen molar-refractivity contribution < 1.29 is 24.2 Å². The van der Waals surface area contributed by atoms with Crippen LogP contribution >= 0.6 is 0 Å². The standard InChI is InChI=1S/C11H18O5/c1-15-10(13)9(11(14)16-2)7-3-5-8(12)6-4-7/h7-9,12H,3-6H2,1-2H3. The van der Waals surface area contributed by atoms with Crippen LogP contribution in [0.1, 0.15) is 25.7 Å². The average molecular weight is 230 g/mol. The largest absolute Gasteiger partial charge is 0.468 e. The lowest BCUT2D eigenvalue weighted by Gasteiger charge is -2.29. The SMILES string of the molecule is COC(=O)C(C(=O)OC)C1CCC(O)CC1. The molecule has 0 amide bonds. The van der Waals surface area contributed by atoms with Crippen LogP contribution in [-0.4, -0.2) is 37.4 Å². The number of esters is 2. The molecule has 1 fully saturated rings. The van der Waals surface area contributed by atoms with Gasteiger partial charge in [-0.2, -0.15) is 0 Å². The molecule has 92 valence electrons. The Morgan fingerprint density at radius 2 is 1.50 bits per heavy atom. The van der Waals surface area contributed by atoms with E-state index >= 15 is 0 Å². The molecule has 0 bridgehead atoms. The van der Waals surface area contributed by atoms with Gasteiger partial charge in [-0.15, -0.1) is 0 Å². The summed E-state index contributed by atoms with van der Waals surface area (Å²) in [6, 6.07) is 0. The number of hydrogen-bond acceptors (Lipinski definition) is 5. The zero-order valence-electron chi connectivity index (χ0n) is 9.64. The summed E-state index contributed by atoms with van der Waals surface area (Å²) in [4.78, 5) is 23.0. The van der Waals surface area contributed by atoms with Crippen molar-refractivity contribution in [3.8, 4) is 0 Å². The highest BCUT2D eigenvalue weighted by Gasteiger charge is 2.38. The van der Waals surface area contributed by atoms with Gasteiger partial charge in [0.1, 0.15) is 0 Å². The number of aliphatic hydroxyl groups is 1. The van der Waals surface area contributed by atoms with Crippen molar-refractivity contribution in [3.63, 3.8) is 0 Å². The van der Waals surface area contributed by atoms with E-state index < -0.39 is 17.9 Å². The predicted octanol–water partition coefficient (Wildman–Crippen LogP) is 0.500. The number of carbonyl (C=O) groups is 2. The van der Waals surface area contributed by atoms with Gasteiger partial charge in [-0.25, -0.2) is 0 Å². The van der Waals surface area contributed by atoms with Gasteiger partial charge in [0.25, 0.3) is 0 Å². The number of methoxy groups -OCH3 is 2. The van der Waals surface area contributed by atoms with Crippen LogP contribution in [-0.2, 0) is 19.1 Å². The first-order chi connectivity index (χ1) is 7.60. The molecule has 0 aliphatic heterocycles. The molecule has 0 heterocycles. The molecule has 0 unspecified atom stereocenters. The minimum Gasteiger partial charge on any atom is -0.468 e. The molecule has 0 atom stereocenters. The van der Waals surface area contributed by atoms with Crippen molar-refractivity contribution in [1.82, 2.24) is 0 Å². The smallest absolute Gasteiger partial charge is 0.320 e. The molecule has 1 aliphatic rings. The number of rotatable bonds is 3. The highest BCUT2D eigenvalue weighted by atomic mass is 16.5. The monoisotopic (exact) mass is 230 g/mol. The first-order valence-electron chi connectivity index (χ1n) is 5.43. The average Bonchev–Trinajstić information content (AvgIpc) is 2.31.